The lowest BCUT2D eigenvalue weighted by molar-refractivity contribution is 0.0695. The number of carboxylic acids is 1. The van der Waals surface area contributed by atoms with Gasteiger partial charge < -0.3 is 15.3 Å². The fraction of sp³-hybridized carbons (Fsp3) is 0.429. The second-order valence-corrected chi connectivity index (χ2v) is 7.52. The molecule has 0 bridgehead atoms. The summed E-state index contributed by atoms with van der Waals surface area (Å²) in [6, 6.07) is 8.25. The Labute approximate surface area is 159 Å². The Hall–Kier alpha value is -2.47. The molecule has 3 rings (SSSR count). The summed E-state index contributed by atoms with van der Waals surface area (Å²) in [4.78, 5) is 18.4. The molecule has 1 aromatic carbocycles. The van der Waals surface area contributed by atoms with Crippen LogP contribution >= 0.6 is 0 Å². The molecular weight excluding hydrogens is 345 g/mol. The summed E-state index contributed by atoms with van der Waals surface area (Å²) in [6.07, 6.45) is 1.51. The molecule has 2 N–H and O–H groups in total. The van der Waals surface area contributed by atoms with Crippen LogP contribution in [-0.4, -0.2) is 47.1 Å². The van der Waals surface area contributed by atoms with Crippen molar-refractivity contribution in [3.63, 3.8) is 0 Å². The minimum absolute atomic E-state index is 0.203. The standard InChI is InChI=1S/C21H26FN3O2/c1-13-12-25(3)9-8-19(13)24-20-16(10-15-4-6-17(22)7-5-15)11-18(21(26)27)14(2)23-20/h4-7,11,13,19H,8-10,12H2,1-3H3,(H,23,24)(H,26,27). The highest BCUT2D eigenvalue weighted by Gasteiger charge is 2.25. The van der Waals surface area contributed by atoms with Crippen molar-refractivity contribution in [2.45, 2.75) is 32.7 Å². The molecule has 1 aliphatic rings. The first-order valence-electron chi connectivity index (χ1n) is 9.27. The first-order valence-corrected chi connectivity index (χ1v) is 9.27. The van der Waals surface area contributed by atoms with E-state index in [9.17, 15) is 14.3 Å². The predicted molar refractivity (Wildman–Crippen MR) is 104 cm³/mol. The second-order valence-electron chi connectivity index (χ2n) is 7.52. The van der Waals surface area contributed by atoms with Gasteiger partial charge in [0, 0.05) is 19.0 Å². The van der Waals surface area contributed by atoms with Crippen molar-refractivity contribution in [3.05, 3.63) is 58.5 Å². The van der Waals surface area contributed by atoms with Crippen molar-refractivity contribution in [1.82, 2.24) is 9.88 Å². The van der Waals surface area contributed by atoms with Gasteiger partial charge >= 0.3 is 5.97 Å². The van der Waals surface area contributed by atoms with E-state index in [0.717, 1.165) is 36.5 Å². The molecule has 1 aromatic heterocycles. The topological polar surface area (TPSA) is 65.5 Å². The molecule has 0 spiro atoms. The van der Waals surface area contributed by atoms with Crippen LogP contribution in [0.3, 0.4) is 0 Å². The van der Waals surface area contributed by atoms with Gasteiger partial charge in [-0.05, 0) is 62.2 Å². The smallest absolute Gasteiger partial charge is 0.337 e. The van der Waals surface area contributed by atoms with E-state index in [4.69, 9.17) is 0 Å². The van der Waals surface area contributed by atoms with E-state index >= 15 is 0 Å². The van der Waals surface area contributed by atoms with E-state index in [0.29, 0.717) is 18.0 Å². The zero-order valence-corrected chi connectivity index (χ0v) is 16.0. The number of aryl methyl sites for hydroxylation is 1. The Balaban J connectivity index is 1.92. The molecule has 0 amide bonds. The van der Waals surface area contributed by atoms with Gasteiger partial charge in [0.15, 0.2) is 0 Å². The molecule has 1 saturated heterocycles. The molecule has 0 saturated carbocycles. The normalized spacial score (nSPS) is 20.4. The third-order valence-corrected chi connectivity index (χ3v) is 5.26. The second kappa shape index (κ2) is 8.05. The van der Waals surface area contributed by atoms with Crippen LogP contribution in [0.25, 0.3) is 0 Å². The number of halogens is 1. The molecule has 2 atom stereocenters. The van der Waals surface area contributed by atoms with Gasteiger partial charge in [-0.25, -0.2) is 14.2 Å². The zero-order chi connectivity index (χ0) is 19.6. The van der Waals surface area contributed by atoms with Gasteiger partial charge in [-0.2, -0.15) is 0 Å². The van der Waals surface area contributed by atoms with Crippen LogP contribution < -0.4 is 5.32 Å². The summed E-state index contributed by atoms with van der Waals surface area (Å²) in [5.41, 5.74) is 2.43. The van der Waals surface area contributed by atoms with E-state index in [1.807, 2.05) is 0 Å². The maximum Gasteiger partial charge on any atom is 0.337 e. The van der Waals surface area contributed by atoms with Crippen LogP contribution in [0, 0.1) is 18.7 Å². The predicted octanol–water partition coefficient (Wildman–Crippen LogP) is 3.57. The Morgan fingerprint density at radius 2 is 2.07 bits per heavy atom. The van der Waals surface area contributed by atoms with E-state index in [-0.39, 0.29) is 17.4 Å². The Morgan fingerprint density at radius 1 is 1.37 bits per heavy atom. The number of aromatic carboxylic acids is 1. The summed E-state index contributed by atoms with van der Waals surface area (Å²) < 4.78 is 13.2. The van der Waals surface area contributed by atoms with Crippen LogP contribution in [-0.2, 0) is 6.42 Å². The highest BCUT2D eigenvalue weighted by molar-refractivity contribution is 5.89. The van der Waals surface area contributed by atoms with Gasteiger partial charge in [0.05, 0.1) is 11.3 Å². The fourth-order valence-electron chi connectivity index (χ4n) is 3.69. The van der Waals surface area contributed by atoms with E-state index in [1.54, 1.807) is 25.1 Å². The monoisotopic (exact) mass is 371 g/mol. The number of hydrogen-bond donors (Lipinski definition) is 2. The molecule has 1 fully saturated rings. The number of aromatic nitrogens is 1. The average Bonchev–Trinajstić information content (AvgIpc) is 2.61. The minimum Gasteiger partial charge on any atom is -0.478 e. The third kappa shape index (κ3) is 4.63. The molecule has 2 unspecified atom stereocenters. The van der Waals surface area contributed by atoms with Gasteiger partial charge in [0.1, 0.15) is 11.6 Å². The number of piperidine rings is 1. The summed E-state index contributed by atoms with van der Waals surface area (Å²) in [7, 11) is 2.12. The largest absolute Gasteiger partial charge is 0.478 e. The molecule has 5 nitrogen and oxygen atoms in total. The lowest BCUT2D eigenvalue weighted by Gasteiger charge is -2.36. The quantitative estimate of drug-likeness (QED) is 0.841. The number of benzene rings is 1. The summed E-state index contributed by atoms with van der Waals surface area (Å²) in [5.74, 6) is -0.0861. The first kappa shape index (κ1) is 19.3. The Morgan fingerprint density at radius 3 is 2.70 bits per heavy atom. The zero-order valence-electron chi connectivity index (χ0n) is 16.0. The van der Waals surface area contributed by atoms with Gasteiger partial charge in [-0.3, -0.25) is 0 Å². The molecule has 6 heteroatoms. The van der Waals surface area contributed by atoms with Crippen molar-refractivity contribution in [2.75, 3.05) is 25.5 Å². The van der Waals surface area contributed by atoms with Crippen molar-refractivity contribution in [1.29, 1.82) is 0 Å². The van der Waals surface area contributed by atoms with Gasteiger partial charge in [-0.1, -0.05) is 19.1 Å². The SMILES string of the molecule is Cc1nc(NC2CCN(C)CC2C)c(Cc2ccc(F)cc2)cc1C(=O)O. The lowest BCUT2D eigenvalue weighted by Crippen LogP contribution is -2.43. The first-order chi connectivity index (χ1) is 12.8. The summed E-state index contributed by atoms with van der Waals surface area (Å²) in [6.45, 7) is 5.96. The molecule has 2 aromatic rings. The number of nitrogens with one attached hydrogen (secondary N) is 1. The van der Waals surface area contributed by atoms with Crippen molar-refractivity contribution in [3.8, 4) is 0 Å². The molecule has 0 radical (unpaired) electrons. The Bertz CT molecular complexity index is 823. The molecule has 27 heavy (non-hydrogen) atoms. The van der Waals surface area contributed by atoms with Crippen LogP contribution in [0.4, 0.5) is 10.2 Å². The number of nitrogens with zero attached hydrogens (tertiary/aromatic N) is 2. The molecule has 2 heterocycles. The average molecular weight is 371 g/mol. The van der Waals surface area contributed by atoms with Gasteiger partial charge in [0.25, 0.3) is 0 Å². The third-order valence-electron chi connectivity index (χ3n) is 5.26. The molecule has 144 valence electrons. The number of likely N-dealkylation sites (tertiary alicyclic amines) is 1. The number of carbonyl (C=O) groups is 1. The molecule has 1 aliphatic heterocycles. The Kier molecular flexibility index (Phi) is 5.75. The van der Waals surface area contributed by atoms with Crippen molar-refractivity contribution in [2.24, 2.45) is 5.92 Å². The van der Waals surface area contributed by atoms with Crippen molar-refractivity contribution >= 4 is 11.8 Å². The highest BCUT2D eigenvalue weighted by Crippen LogP contribution is 2.25. The van der Waals surface area contributed by atoms with Gasteiger partial charge in [0.2, 0.25) is 0 Å². The van der Waals surface area contributed by atoms with Crippen molar-refractivity contribution < 1.29 is 14.3 Å². The number of anilines is 1. The number of carboxylic acid groups (broad SMARTS) is 1. The van der Waals surface area contributed by atoms with Crippen LogP contribution in [0.2, 0.25) is 0 Å². The molecular formula is C21H26FN3O2. The van der Waals surface area contributed by atoms with Gasteiger partial charge in [-0.15, -0.1) is 0 Å². The summed E-state index contributed by atoms with van der Waals surface area (Å²) in [5, 5.41) is 13.0. The minimum atomic E-state index is -0.987. The highest BCUT2D eigenvalue weighted by atomic mass is 19.1. The lowest BCUT2D eigenvalue weighted by atomic mass is 9.93. The van der Waals surface area contributed by atoms with Crippen LogP contribution in [0.1, 0.15) is 40.5 Å². The van der Waals surface area contributed by atoms with Crippen LogP contribution in [0.15, 0.2) is 30.3 Å². The molecule has 0 aliphatic carbocycles. The van der Waals surface area contributed by atoms with Crippen LogP contribution in [0.5, 0.6) is 0 Å². The number of rotatable bonds is 5. The fourth-order valence-corrected chi connectivity index (χ4v) is 3.69. The summed E-state index contributed by atoms with van der Waals surface area (Å²) >= 11 is 0. The van der Waals surface area contributed by atoms with E-state index in [1.165, 1.54) is 12.1 Å². The maximum absolute atomic E-state index is 13.2. The number of hydrogen-bond acceptors (Lipinski definition) is 4. The maximum atomic E-state index is 13.2. The van der Waals surface area contributed by atoms with E-state index < -0.39 is 5.97 Å². The van der Waals surface area contributed by atoms with E-state index in [2.05, 4.69) is 29.2 Å². The number of pyridine rings is 1.